The van der Waals surface area contributed by atoms with Crippen LogP contribution in [0.25, 0.3) is 0 Å². The maximum Gasteiger partial charge on any atom is 0.244 e. The van der Waals surface area contributed by atoms with Crippen LogP contribution in [0.1, 0.15) is 13.8 Å². The van der Waals surface area contributed by atoms with E-state index in [1.165, 1.54) is 4.90 Å². The molecule has 0 saturated heterocycles. The van der Waals surface area contributed by atoms with Gasteiger partial charge in [-0.1, -0.05) is 0 Å². The molecular weight excluding hydrogens is 182 g/mol. The average Bonchev–Trinajstić information content (AvgIpc) is 2.14. The molecule has 0 aromatic heterocycles. The molecule has 0 spiro atoms. The summed E-state index contributed by atoms with van der Waals surface area (Å²) in [6, 6.07) is -0.763. The quantitative estimate of drug-likeness (QED) is 0.625. The van der Waals surface area contributed by atoms with Crippen LogP contribution in [0.5, 0.6) is 0 Å². The van der Waals surface area contributed by atoms with E-state index in [1.54, 1.807) is 35.0 Å². The van der Waals surface area contributed by atoms with Gasteiger partial charge in [0.15, 0.2) is 0 Å². The Bertz CT molecular complexity index is 216. The molecule has 14 heavy (non-hydrogen) atoms. The maximum atomic E-state index is 11.4. The van der Waals surface area contributed by atoms with Gasteiger partial charge in [0.05, 0.1) is 6.04 Å². The molecule has 0 heterocycles. The summed E-state index contributed by atoms with van der Waals surface area (Å²) in [4.78, 5) is 24.2. The van der Waals surface area contributed by atoms with Crippen LogP contribution in [0.2, 0.25) is 0 Å². The van der Waals surface area contributed by atoms with E-state index < -0.39 is 6.04 Å². The van der Waals surface area contributed by atoms with Gasteiger partial charge in [-0.05, 0) is 20.9 Å². The zero-order valence-electron chi connectivity index (χ0n) is 9.42. The highest BCUT2D eigenvalue weighted by Gasteiger charge is 2.19. The number of carbonyl (C=O) groups is 2. The Morgan fingerprint density at radius 3 is 2.00 bits per heavy atom. The number of likely N-dealkylation sites (N-methyl/N-ethyl adjacent to an activating group) is 2. The van der Waals surface area contributed by atoms with Crippen molar-refractivity contribution in [2.45, 2.75) is 25.9 Å². The van der Waals surface area contributed by atoms with Gasteiger partial charge < -0.3 is 15.5 Å². The number of nitrogens with zero attached hydrogens (tertiary/aromatic N) is 1. The molecule has 0 rings (SSSR count). The summed E-state index contributed by atoms with van der Waals surface area (Å²) >= 11 is 0. The van der Waals surface area contributed by atoms with Crippen LogP contribution in [0.4, 0.5) is 0 Å². The topological polar surface area (TPSA) is 61.4 Å². The van der Waals surface area contributed by atoms with Crippen LogP contribution < -0.4 is 10.6 Å². The number of amides is 2. The highest BCUT2D eigenvalue weighted by atomic mass is 16.2. The van der Waals surface area contributed by atoms with Crippen molar-refractivity contribution in [3.05, 3.63) is 0 Å². The van der Waals surface area contributed by atoms with Crippen LogP contribution in [-0.2, 0) is 9.59 Å². The van der Waals surface area contributed by atoms with E-state index in [2.05, 4.69) is 10.6 Å². The third-order valence-electron chi connectivity index (χ3n) is 2.00. The SMILES string of the molecule is CNC(C)C(=O)NC(C)C(=O)N(C)C. The fraction of sp³-hybridized carbons (Fsp3) is 0.778. The fourth-order valence-corrected chi connectivity index (χ4v) is 0.919. The van der Waals surface area contributed by atoms with Crippen molar-refractivity contribution in [2.75, 3.05) is 21.1 Å². The summed E-state index contributed by atoms with van der Waals surface area (Å²) in [6.07, 6.45) is 0. The lowest BCUT2D eigenvalue weighted by molar-refractivity contribution is -0.134. The molecule has 0 radical (unpaired) electrons. The first-order valence-corrected chi connectivity index (χ1v) is 4.59. The van der Waals surface area contributed by atoms with Crippen molar-refractivity contribution >= 4 is 11.8 Å². The predicted octanol–water partition coefficient (Wildman–Crippen LogP) is -0.813. The Labute approximate surface area is 84.8 Å². The Hall–Kier alpha value is -1.10. The first-order valence-electron chi connectivity index (χ1n) is 4.59. The van der Waals surface area contributed by atoms with Gasteiger partial charge in [0, 0.05) is 14.1 Å². The predicted molar refractivity (Wildman–Crippen MR) is 54.8 cm³/mol. The molecule has 2 N–H and O–H groups in total. The van der Waals surface area contributed by atoms with Crippen molar-refractivity contribution in [1.82, 2.24) is 15.5 Å². The summed E-state index contributed by atoms with van der Waals surface area (Å²) in [6.45, 7) is 3.41. The van der Waals surface area contributed by atoms with Crippen LogP contribution in [0, 0.1) is 0 Å². The van der Waals surface area contributed by atoms with Crippen molar-refractivity contribution in [3.63, 3.8) is 0 Å². The molecule has 0 aliphatic heterocycles. The average molecular weight is 201 g/mol. The second-order valence-corrected chi connectivity index (χ2v) is 3.47. The minimum atomic E-state index is -0.478. The Morgan fingerprint density at radius 1 is 1.14 bits per heavy atom. The van der Waals surface area contributed by atoms with Gasteiger partial charge in [0.2, 0.25) is 11.8 Å². The van der Waals surface area contributed by atoms with E-state index in [9.17, 15) is 9.59 Å². The van der Waals surface area contributed by atoms with E-state index in [0.717, 1.165) is 0 Å². The standard InChI is InChI=1S/C9H19N3O2/c1-6(10-3)8(13)11-7(2)9(14)12(4)5/h6-7,10H,1-5H3,(H,11,13). The molecule has 5 heteroatoms. The van der Waals surface area contributed by atoms with Crippen LogP contribution in [0.3, 0.4) is 0 Å². The first-order chi connectivity index (χ1) is 6.40. The lowest BCUT2D eigenvalue weighted by Crippen LogP contribution is -2.49. The summed E-state index contributed by atoms with van der Waals surface area (Å²) < 4.78 is 0. The van der Waals surface area contributed by atoms with E-state index in [1.807, 2.05) is 0 Å². The number of rotatable bonds is 4. The summed E-state index contributed by atoms with van der Waals surface area (Å²) in [7, 11) is 5.02. The number of nitrogens with one attached hydrogen (secondary N) is 2. The molecule has 2 atom stereocenters. The van der Waals surface area contributed by atoms with Gasteiger partial charge >= 0.3 is 0 Å². The molecule has 0 fully saturated rings. The third-order valence-corrected chi connectivity index (χ3v) is 2.00. The van der Waals surface area contributed by atoms with Gasteiger partial charge in [-0.3, -0.25) is 9.59 Å². The fourth-order valence-electron chi connectivity index (χ4n) is 0.919. The van der Waals surface area contributed by atoms with Crippen LogP contribution in [-0.4, -0.2) is 49.9 Å². The molecule has 5 nitrogen and oxygen atoms in total. The minimum absolute atomic E-state index is 0.110. The van der Waals surface area contributed by atoms with Crippen molar-refractivity contribution in [2.24, 2.45) is 0 Å². The Morgan fingerprint density at radius 2 is 1.64 bits per heavy atom. The molecule has 2 unspecified atom stereocenters. The minimum Gasteiger partial charge on any atom is -0.347 e. The molecule has 0 aliphatic carbocycles. The van der Waals surface area contributed by atoms with Crippen molar-refractivity contribution < 1.29 is 9.59 Å². The third kappa shape index (κ3) is 3.74. The van der Waals surface area contributed by atoms with Crippen LogP contribution in [0.15, 0.2) is 0 Å². The van der Waals surface area contributed by atoms with E-state index in [-0.39, 0.29) is 17.9 Å². The molecule has 0 bridgehead atoms. The Balaban J connectivity index is 4.12. The number of hydrogen-bond acceptors (Lipinski definition) is 3. The summed E-state index contributed by atoms with van der Waals surface area (Å²) in [5.74, 6) is -0.281. The van der Waals surface area contributed by atoms with Crippen LogP contribution >= 0.6 is 0 Å². The lowest BCUT2D eigenvalue weighted by Gasteiger charge is -2.19. The zero-order chi connectivity index (χ0) is 11.3. The largest absolute Gasteiger partial charge is 0.347 e. The monoisotopic (exact) mass is 201 g/mol. The number of carbonyl (C=O) groups excluding carboxylic acids is 2. The van der Waals surface area contributed by atoms with Gasteiger partial charge in [-0.15, -0.1) is 0 Å². The molecular formula is C9H19N3O2. The highest BCUT2D eigenvalue weighted by Crippen LogP contribution is 1.90. The number of hydrogen-bond donors (Lipinski definition) is 2. The van der Waals surface area contributed by atoms with E-state index in [0.29, 0.717) is 0 Å². The smallest absolute Gasteiger partial charge is 0.244 e. The maximum absolute atomic E-state index is 11.4. The van der Waals surface area contributed by atoms with Gasteiger partial charge in [-0.2, -0.15) is 0 Å². The zero-order valence-corrected chi connectivity index (χ0v) is 9.42. The first kappa shape index (κ1) is 12.9. The molecule has 82 valence electrons. The molecule has 0 saturated carbocycles. The van der Waals surface area contributed by atoms with Crippen molar-refractivity contribution in [1.29, 1.82) is 0 Å². The van der Waals surface area contributed by atoms with Crippen molar-refractivity contribution in [3.8, 4) is 0 Å². The lowest BCUT2D eigenvalue weighted by atomic mass is 10.2. The summed E-state index contributed by atoms with van der Waals surface area (Å²) in [5, 5.41) is 5.42. The highest BCUT2D eigenvalue weighted by molar-refractivity contribution is 5.89. The Kier molecular flexibility index (Phi) is 5.15. The van der Waals surface area contributed by atoms with Gasteiger partial charge in [0.1, 0.15) is 6.04 Å². The van der Waals surface area contributed by atoms with E-state index >= 15 is 0 Å². The molecule has 0 aliphatic rings. The molecule has 0 aromatic rings. The second-order valence-electron chi connectivity index (χ2n) is 3.47. The normalized spacial score (nSPS) is 14.4. The van der Waals surface area contributed by atoms with Gasteiger partial charge in [0.25, 0.3) is 0 Å². The summed E-state index contributed by atoms with van der Waals surface area (Å²) in [5.41, 5.74) is 0. The van der Waals surface area contributed by atoms with E-state index in [4.69, 9.17) is 0 Å². The van der Waals surface area contributed by atoms with Gasteiger partial charge in [-0.25, -0.2) is 0 Å². The molecule has 2 amide bonds. The second kappa shape index (κ2) is 5.59. The molecule has 0 aromatic carbocycles.